The number of benzene rings is 2. The molecule has 0 saturated carbocycles. The summed E-state index contributed by atoms with van der Waals surface area (Å²) >= 11 is 0. The van der Waals surface area contributed by atoms with Gasteiger partial charge in [-0.1, -0.05) is 36.4 Å². The largest absolute Gasteiger partial charge is 0.481 e. The van der Waals surface area contributed by atoms with Crippen molar-refractivity contribution in [3.63, 3.8) is 0 Å². The van der Waals surface area contributed by atoms with Crippen molar-refractivity contribution in [3.05, 3.63) is 48.0 Å². The van der Waals surface area contributed by atoms with E-state index in [-0.39, 0.29) is 24.3 Å². The summed E-state index contributed by atoms with van der Waals surface area (Å²) in [7, 11) is 1.62. The fourth-order valence-electron chi connectivity index (χ4n) is 3.37. The van der Waals surface area contributed by atoms with Crippen LogP contribution in [-0.2, 0) is 9.59 Å². The van der Waals surface area contributed by atoms with Crippen LogP contribution in [0, 0.1) is 5.92 Å². The van der Waals surface area contributed by atoms with E-state index in [2.05, 4.69) is 0 Å². The average molecular weight is 354 g/mol. The molecule has 0 aliphatic carbocycles. The van der Waals surface area contributed by atoms with Crippen molar-refractivity contribution in [2.75, 3.05) is 26.7 Å². The molecule has 0 bridgehead atoms. The van der Waals surface area contributed by atoms with Gasteiger partial charge in [0.2, 0.25) is 5.91 Å². The second kappa shape index (κ2) is 7.56. The minimum Gasteiger partial charge on any atom is -0.481 e. The number of carbonyl (C=O) groups excluding carboxylic acids is 2. The van der Waals surface area contributed by atoms with Gasteiger partial charge in [0.1, 0.15) is 0 Å². The van der Waals surface area contributed by atoms with Crippen molar-refractivity contribution in [2.24, 2.45) is 5.92 Å². The number of fused-ring (bicyclic) bond motifs is 1. The Labute approximate surface area is 152 Å². The zero-order chi connectivity index (χ0) is 18.7. The molecule has 26 heavy (non-hydrogen) atoms. The molecular weight excluding hydrogens is 332 g/mol. The van der Waals surface area contributed by atoms with E-state index in [1.165, 1.54) is 4.90 Å². The Morgan fingerprint density at radius 1 is 1.08 bits per heavy atom. The fourth-order valence-corrected chi connectivity index (χ4v) is 3.37. The number of carboxylic acids is 1. The van der Waals surface area contributed by atoms with Crippen molar-refractivity contribution in [2.45, 2.75) is 12.8 Å². The first kappa shape index (κ1) is 17.9. The van der Waals surface area contributed by atoms with E-state index in [1.807, 2.05) is 36.4 Å². The number of likely N-dealkylation sites (N-methyl/N-ethyl adjacent to an activating group) is 1. The van der Waals surface area contributed by atoms with Crippen LogP contribution in [0.5, 0.6) is 0 Å². The molecule has 1 fully saturated rings. The molecule has 6 nitrogen and oxygen atoms in total. The molecule has 1 heterocycles. The highest BCUT2D eigenvalue weighted by atomic mass is 16.4. The number of rotatable bonds is 4. The van der Waals surface area contributed by atoms with Gasteiger partial charge < -0.3 is 14.9 Å². The molecule has 0 unspecified atom stereocenters. The lowest BCUT2D eigenvalue weighted by molar-refractivity contribution is -0.145. The number of piperidine rings is 1. The van der Waals surface area contributed by atoms with Crippen LogP contribution in [0.4, 0.5) is 0 Å². The number of amides is 2. The predicted octanol–water partition coefficient (Wildman–Crippen LogP) is 2.23. The quantitative estimate of drug-likeness (QED) is 0.913. The summed E-state index contributed by atoms with van der Waals surface area (Å²) in [6, 6.07) is 13.2. The molecular formula is C20H22N2O4. The smallest absolute Gasteiger partial charge is 0.306 e. The summed E-state index contributed by atoms with van der Waals surface area (Å²) in [5.74, 6) is -1.53. The van der Waals surface area contributed by atoms with Gasteiger partial charge in [-0.2, -0.15) is 0 Å². The van der Waals surface area contributed by atoms with Crippen molar-refractivity contribution in [1.82, 2.24) is 9.80 Å². The molecule has 0 aromatic heterocycles. The first-order valence-corrected chi connectivity index (χ1v) is 8.71. The fraction of sp³-hybridized carbons (Fsp3) is 0.350. The summed E-state index contributed by atoms with van der Waals surface area (Å²) in [4.78, 5) is 39.3. The van der Waals surface area contributed by atoms with Gasteiger partial charge in [0, 0.05) is 25.7 Å². The van der Waals surface area contributed by atoms with Gasteiger partial charge in [-0.15, -0.1) is 0 Å². The summed E-state index contributed by atoms with van der Waals surface area (Å²) in [6.07, 6.45) is 0.921. The first-order chi connectivity index (χ1) is 12.5. The summed E-state index contributed by atoms with van der Waals surface area (Å²) in [5.41, 5.74) is 0.572. The topological polar surface area (TPSA) is 77.9 Å². The Balaban J connectivity index is 1.66. The van der Waals surface area contributed by atoms with Crippen LogP contribution in [0.1, 0.15) is 23.2 Å². The lowest BCUT2D eigenvalue weighted by Gasteiger charge is -2.31. The normalized spacial score (nSPS) is 15.0. The number of carbonyl (C=O) groups is 3. The third-order valence-corrected chi connectivity index (χ3v) is 4.94. The van der Waals surface area contributed by atoms with Crippen molar-refractivity contribution < 1.29 is 19.5 Å². The van der Waals surface area contributed by atoms with E-state index in [0.717, 1.165) is 10.8 Å². The highest BCUT2D eigenvalue weighted by Crippen LogP contribution is 2.20. The van der Waals surface area contributed by atoms with Gasteiger partial charge in [0.15, 0.2) is 0 Å². The molecule has 1 aliphatic heterocycles. The molecule has 2 aromatic rings. The van der Waals surface area contributed by atoms with E-state index < -0.39 is 5.97 Å². The summed E-state index contributed by atoms with van der Waals surface area (Å²) < 4.78 is 0. The second-order valence-electron chi connectivity index (χ2n) is 6.68. The molecule has 0 spiro atoms. The number of likely N-dealkylation sites (tertiary alicyclic amines) is 1. The number of hydrogen-bond donors (Lipinski definition) is 1. The third-order valence-electron chi connectivity index (χ3n) is 4.94. The van der Waals surface area contributed by atoms with E-state index in [1.54, 1.807) is 18.0 Å². The van der Waals surface area contributed by atoms with E-state index in [9.17, 15) is 14.4 Å². The molecule has 1 aliphatic rings. The number of aliphatic carboxylic acids is 1. The van der Waals surface area contributed by atoms with Gasteiger partial charge in [0.05, 0.1) is 12.5 Å². The lowest BCUT2D eigenvalue weighted by Crippen LogP contribution is -2.45. The predicted molar refractivity (Wildman–Crippen MR) is 97.8 cm³/mol. The Morgan fingerprint density at radius 2 is 1.73 bits per heavy atom. The maximum absolute atomic E-state index is 12.8. The number of nitrogens with zero attached hydrogens (tertiary/aromatic N) is 2. The van der Waals surface area contributed by atoms with Gasteiger partial charge in [-0.25, -0.2) is 0 Å². The van der Waals surface area contributed by atoms with Gasteiger partial charge in [-0.05, 0) is 29.7 Å². The maximum Gasteiger partial charge on any atom is 0.306 e. The standard InChI is InChI=1S/C20H22N2O4/c1-21(13-18(23)22-11-9-15(10-12-22)20(25)26)19(24)17-8-4-6-14-5-2-3-7-16(14)17/h2-8,15H,9-13H2,1H3,(H,25,26). The van der Waals surface area contributed by atoms with Crippen molar-refractivity contribution in [3.8, 4) is 0 Å². The molecule has 2 aromatic carbocycles. The first-order valence-electron chi connectivity index (χ1n) is 8.71. The summed E-state index contributed by atoms with van der Waals surface area (Å²) in [6.45, 7) is 0.831. The van der Waals surface area contributed by atoms with Crippen LogP contribution >= 0.6 is 0 Å². The second-order valence-corrected chi connectivity index (χ2v) is 6.68. The highest BCUT2D eigenvalue weighted by molar-refractivity contribution is 6.07. The minimum atomic E-state index is -0.805. The van der Waals surface area contributed by atoms with E-state index in [0.29, 0.717) is 31.5 Å². The number of carboxylic acid groups (broad SMARTS) is 1. The van der Waals surface area contributed by atoms with E-state index >= 15 is 0 Å². The molecule has 136 valence electrons. The molecule has 1 N–H and O–H groups in total. The Hall–Kier alpha value is -2.89. The van der Waals surface area contributed by atoms with Gasteiger partial charge in [-0.3, -0.25) is 14.4 Å². The molecule has 6 heteroatoms. The van der Waals surface area contributed by atoms with Crippen LogP contribution in [0.3, 0.4) is 0 Å². The van der Waals surface area contributed by atoms with Crippen LogP contribution in [0.25, 0.3) is 10.8 Å². The molecule has 2 amide bonds. The minimum absolute atomic E-state index is 0.0141. The molecule has 1 saturated heterocycles. The Morgan fingerprint density at radius 3 is 2.42 bits per heavy atom. The molecule has 0 atom stereocenters. The molecule has 0 radical (unpaired) electrons. The van der Waals surface area contributed by atoms with Gasteiger partial charge in [0.25, 0.3) is 5.91 Å². The van der Waals surface area contributed by atoms with Crippen LogP contribution < -0.4 is 0 Å². The van der Waals surface area contributed by atoms with Crippen LogP contribution in [0.2, 0.25) is 0 Å². The summed E-state index contributed by atoms with van der Waals surface area (Å²) in [5, 5.41) is 10.9. The van der Waals surface area contributed by atoms with Crippen LogP contribution in [0.15, 0.2) is 42.5 Å². The maximum atomic E-state index is 12.8. The Kier molecular flexibility index (Phi) is 5.21. The Bertz CT molecular complexity index is 835. The molecule has 3 rings (SSSR count). The third kappa shape index (κ3) is 3.69. The van der Waals surface area contributed by atoms with Crippen LogP contribution in [-0.4, -0.2) is 59.4 Å². The van der Waals surface area contributed by atoms with Crippen molar-refractivity contribution in [1.29, 1.82) is 0 Å². The lowest BCUT2D eigenvalue weighted by atomic mass is 9.97. The SMILES string of the molecule is CN(CC(=O)N1CCC(C(=O)O)CC1)C(=O)c1cccc2ccccc12. The van der Waals surface area contributed by atoms with E-state index in [4.69, 9.17) is 5.11 Å². The van der Waals surface area contributed by atoms with Crippen molar-refractivity contribution >= 4 is 28.6 Å². The highest BCUT2D eigenvalue weighted by Gasteiger charge is 2.28. The average Bonchev–Trinajstić information content (AvgIpc) is 2.66. The number of hydrogen-bond acceptors (Lipinski definition) is 3. The zero-order valence-corrected chi connectivity index (χ0v) is 14.7. The van der Waals surface area contributed by atoms with Gasteiger partial charge >= 0.3 is 5.97 Å². The zero-order valence-electron chi connectivity index (χ0n) is 14.7. The monoisotopic (exact) mass is 354 g/mol.